The highest BCUT2D eigenvalue weighted by Gasteiger charge is 2.22. The highest BCUT2D eigenvalue weighted by molar-refractivity contribution is 5.85. The fraction of sp³-hybridized carbons (Fsp3) is 0.520. The lowest BCUT2D eigenvalue weighted by Gasteiger charge is -2.27. The van der Waals surface area contributed by atoms with Gasteiger partial charge in [0.2, 0.25) is 11.8 Å². The van der Waals surface area contributed by atoms with Gasteiger partial charge in [0.1, 0.15) is 12.3 Å². The summed E-state index contributed by atoms with van der Waals surface area (Å²) in [5, 5.41) is 0. The maximum atomic E-state index is 13.2. The average molecular weight is 428 g/mol. The quantitative estimate of drug-likeness (QED) is 0.300. The van der Waals surface area contributed by atoms with Crippen molar-refractivity contribution in [3.8, 4) is 0 Å². The molecule has 6 heteroatoms. The van der Waals surface area contributed by atoms with E-state index < -0.39 is 0 Å². The number of nitrogens with zero attached hydrogens (tertiary/aromatic N) is 3. The van der Waals surface area contributed by atoms with Crippen LogP contribution in [0.15, 0.2) is 53.8 Å². The Balaban J connectivity index is 1.97. The summed E-state index contributed by atoms with van der Waals surface area (Å²) in [5.41, 5.74) is 1.02. The van der Waals surface area contributed by atoms with E-state index in [-0.39, 0.29) is 18.4 Å². The van der Waals surface area contributed by atoms with Gasteiger partial charge in [0.25, 0.3) is 0 Å². The van der Waals surface area contributed by atoms with Crippen LogP contribution in [-0.2, 0) is 29.7 Å². The van der Waals surface area contributed by atoms with Crippen molar-refractivity contribution in [2.24, 2.45) is 7.05 Å². The number of aromatic nitrogens is 1. The molecule has 6 nitrogen and oxygen atoms in total. The molecule has 2 amide bonds. The van der Waals surface area contributed by atoms with Crippen LogP contribution in [0.3, 0.4) is 0 Å². The topological polar surface area (TPSA) is 58.7 Å². The molecule has 0 radical (unpaired) electrons. The second-order valence-corrected chi connectivity index (χ2v) is 8.02. The van der Waals surface area contributed by atoms with Crippen molar-refractivity contribution < 1.29 is 14.0 Å². The SMILES string of the molecule is C=CCN(CC(=O)N(Cc1ccco1)Cc1cccn1C)C(=O)CCCCCCCC. The van der Waals surface area contributed by atoms with E-state index in [1.165, 1.54) is 19.3 Å². The van der Waals surface area contributed by atoms with E-state index in [1.807, 2.05) is 42.1 Å². The zero-order valence-corrected chi connectivity index (χ0v) is 19.1. The van der Waals surface area contributed by atoms with Crippen LogP contribution in [0.25, 0.3) is 0 Å². The minimum atomic E-state index is -0.101. The van der Waals surface area contributed by atoms with Crippen LogP contribution in [0.4, 0.5) is 0 Å². The van der Waals surface area contributed by atoms with E-state index in [0.29, 0.717) is 26.1 Å². The van der Waals surface area contributed by atoms with Gasteiger partial charge < -0.3 is 18.8 Å². The first-order valence-corrected chi connectivity index (χ1v) is 11.3. The molecule has 0 aliphatic rings. The minimum absolute atomic E-state index is 0.0144. The Hall–Kier alpha value is -2.76. The molecule has 170 valence electrons. The lowest BCUT2D eigenvalue weighted by molar-refractivity contribution is -0.141. The van der Waals surface area contributed by atoms with E-state index in [9.17, 15) is 9.59 Å². The van der Waals surface area contributed by atoms with Crippen molar-refractivity contribution in [3.63, 3.8) is 0 Å². The monoisotopic (exact) mass is 427 g/mol. The zero-order valence-electron chi connectivity index (χ0n) is 19.1. The Kier molecular flexibility index (Phi) is 10.7. The minimum Gasteiger partial charge on any atom is -0.467 e. The maximum absolute atomic E-state index is 13.2. The van der Waals surface area contributed by atoms with Gasteiger partial charge in [-0.2, -0.15) is 0 Å². The third-order valence-electron chi connectivity index (χ3n) is 5.46. The average Bonchev–Trinajstić information content (AvgIpc) is 3.41. The molecule has 2 aromatic rings. The van der Waals surface area contributed by atoms with Crippen LogP contribution < -0.4 is 0 Å². The lowest BCUT2D eigenvalue weighted by Crippen LogP contribution is -2.42. The number of rotatable bonds is 15. The molecular weight excluding hydrogens is 390 g/mol. The fourth-order valence-corrected chi connectivity index (χ4v) is 3.57. The number of hydrogen-bond donors (Lipinski definition) is 0. The van der Waals surface area contributed by atoms with E-state index in [1.54, 1.807) is 22.1 Å². The predicted octanol–water partition coefficient (Wildman–Crippen LogP) is 4.91. The van der Waals surface area contributed by atoms with Gasteiger partial charge in [0.05, 0.1) is 19.4 Å². The highest BCUT2D eigenvalue weighted by atomic mass is 16.3. The van der Waals surface area contributed by atoms with Crippen LogP contribution in [0.2, 0.25) is 0 Å². The summed E-state index contributed by atoms with van der Waals surface area (Å²) < 4.78 is 7.45. The summed E-state index contributed by atoms with van der Waals surface area (Å²) in [6, 6.07) is 7.62. The van der Waals surface area contributed by atoms with Gasteiger partial charge in [-0.1, -0.05) is 45.1 Å². The summed E-state index contributed by atoms with van der Waals surface area (Å²) in [6.07, 6.45) is 12.5. The normalized spacial score (nSPS) is 10.8. The molecule has 0 aromatic carbocycles. The first-order chi connectivity index (χ1) is 15.0. The third-order valence-corrected chi connectivity index (χ3v) is 5.46. The summed E-state index contributed by atoms with van der Waals surface area (Å²) in [7, 11) is 1.96. The van der Waals surface area contributed by atoms with Crippen LogP contribution in [0.5, 0.6) is 0 Å². The van der Waals surface area contributed by atoms with Crippen molar-refractivity contribution in [1.82, 2.24) is 14.4 Å². The second kappa shape index (κ2) is 13.5. The summed E-state index contributed by atoms with van der Waals surface area (Å²) in [5.74, 6) is 0.632. The number of unbranched alkanes of at least 4 members (excludes halogenated alkanes) is 5. The number of hydrogen-bond acceptors (Lipinski definition) is 3. The smallest absolute Gasteiger partial charge is 0.242 e. The maximum Gasteiger partial charge on any atom is 0.242 e. The first kappa shape index (κ1) is 24.5. The fourth-order valence-electron chi connectivity index (χ4n) is 3.57. The predicted molar refractivity (Wildman–Crippen MR) is 123 cm³/mol. The van der Waals surface area contributed by atoms with E-state index in [4.69, 9.17) is 4.42 Å². The van der Waals surface area contributed by atoms with Crippen molar-refractivity contribution >= 4 is 11.8 Å². The Labute approximate surface area is 186 Å². The molecule has 0 atom stereocenters. The lowest BCUT2D eigenvalue weighted by atomic mass is 10.1. The molecule has 0 saturated carbocycles. The standard InChI is InChI=1S/C25H37N3O3/c1-4-6-7-8-9-10-15-24(29)27(16-5-2)21-25(30)28(20-23-14-12-18-31-23)19-22-13-11-17-26(22)3/h5,11-14,17-18H,2,4,6-10,15-16,19-21H2,1,3H3. The number of amides is 2. The molecule has 0 N–H and O–H groups in total. The summed E-state index contributed by atoms with van der Waals surface area (Å²) in [4.78, 5) is 29.3. The Morgan fingerprint density at radius 3 is 2.45 bits per heavy atom. The van der Waals surface area contributed by atoms with Gasteiger partial charge in [0, 0.05) is 31.9 Å². The van der Waals surface area contributed by atoms with Crippen molar-refractivity contribution in [1.29, 1.82) is 0 Å². The Morgan fingerprint density at radius 1 is 1.03 bits per heavy atom. The number of furan rings is 1. The Morgan fingerprint density at radius 2 is 1.81 bits per heavy atom. The Bertz CT molecular complexity index is 795. The van der Waals surface area contributed by atoms with Crippen LogP contribution >= 0.6 is 0 Å². The molecule has 0 spiro atoms. The second-order valence-electron chi connectivity index (χ2n) is 8.02. The van der Waals surface area contributed by atoms with E-state index >= 15 is 0 Å². The van der Waals surface area contributed by atoms with Gasteiger partial charge in [-0.05, 0) is 30.7 Å². The molecular formula is C25H37N3O3. The van der Waals surface area contributed by atoms with Crippen molar-refractivity contribution in [2.45, 2.75) is 65.0 Å². The molecule has 0 bridgehead atoms. The zero-order chi connectivity index (χ0) is 22.5. The molecule has 31 heavy (non-hydrogen) atoms. The van der Waals surface area contributed by atoms with Crippen LogP contribution in [0.1, 0.15) is 63.3 Å². The molecule has 0 unspecified atom stereocenters. The van der Waals surface area contributed by atoms with Gasteiger partial charge >= 0.3 is 0 Å². The molecule has 0 aliphatic carbocycles. The van der Waals surface area contributed by atoms with E-state index in [2.05, 4.69) is 13.5 Å². The van der Waals surface area contributed by atoms with Crippen molar-refractivity contribution in [3.05, 3.63) is 60.8 Å². The highest BCUT2D eigenvalue weighted by Crippen LogP contribution is 2.13. The van der Waals surface area contributed by atoms with Crippen molar-refractivity contribution in [2.75, 3.05) is 13.1 Å². The van der Waals surface area contributed by atoms with Crippen LogP contribution in [0, 0.1) is 0 Å². The first-order valence-electron chi connectivity index (χ1n) is 11.3. The molecule has 0 saturated heterocycles. The molecule has 2 rings (SSSR count). The van der Waals surface area contributed by atoms with Gasteiger partial charge in [0.15, 0.2) is 0 Å². The number of carbonyl (C=O) groups excluding carboxylic acids is 2. The summed E-state index contributed by atoms with van der Waals surface area (Å²) in [6.45, 7) is 7.20. The van der Waals surface area contributed by atoms with Crippen LogP contribution in [-0.4, -0.2) is 39.3 Å². The molecule has 2 aromatic heterocycles. The number of carbonyl (C=O) groups is 2. The number of aryl methyl sites for hydroxylation is 1. The van der Waals surface area contributed by atoms with Gasteiger partial charge in [-0.3, -0.25) is 9.59 Å². The van der Waals surface area contributed by atoms with Gasteiger partial charge in [-0.15, -0.1) is 6.58 Å². The summed E-state index contributed by atoms with van der Waals surface area (Å²) >= 11 is 0. The molecule has 0 aliphatic heterocycles. The van der Waals surface area contributed by atoms with E-state index in [0.717, 1.165) is 30.7 Å². The third kappa shape index (κ3) is 8.48. The largest absolute Gasteiger partial charge is 0.467 e. The van der Waals surface area contributed by atoms with Gasteiger partial charge in [-0.25, -0.2) is 0 Å². The molecule has 2 heterocycles. The molecule has 0 fully saturated rings.